The molecule has 2 aromatic rings. The number of anilines is 1. The van der Waals surface area contributed by atoms with Crippen molar-refractivity contribution in [3.63, 3.8) is 0 Å². The number of nitrogens with one attached hydrogen (secondary N) is 1. The van der Waals surface area contributed by atoms with Gasteiger partial charge in [-0.05, 0) is 31.0 Å². The van der Waals surface area contributed by atoms with Gasteiger partial charge in [-0.3, -0.25) is 9.59 Å². The maximum atomic E-state index is 13.5. The van der Waals surface area contributed by atoms with Crippen LogP contribution in [0.1, 0.15) is 58.1 Å². The highest BCUT2D eigenvalue weighted by Crippen LogP contribution is 2.43. The van der Waals surface area contributed by atoms with E-state index in [0.29, 0.717) is 42.3 Å². The van der Waals surface area contributed by atoms with E-state index in [0.717, 1.165) is 18.4 Å². The van der Waals surface area contributed by atoms with Crippen molar-refractivity contribution < 1.29 is 23.8 Å². The molecule has 0 aromatic heterocycles. The van der Waals surface area contributed by atoms with E-state index in [1.165, 1.54) is 0 Å². The normalized spacial score (nSPS) is 21.1. The zero-order valence-electron chi connectivity index (χ0n) is 19.7. The first kappa shape index (κ1) is 23.0. The fourth-order valence-corrected chi connectivity index (χ4v) is 4.65. The van der Waals surface area contributed by atoms with E-state index in [1.807, 2.05) is 49.1 Å². The van der Waals surface area contributed by atoms with Gasteiger partial charge in [0.2, 0.25) is 17.6 Å². The predicted molar refractivity (Wildman–Crippen MR) is 125 cm³/mol. The highest BCUT2D eigenvalue weighted by molar-refractivity contribution is 5.95. The minimum absolute atomic E-state index is 0.0775. The number of carbonyl (C=O) groups excluding carboxylic acids is 2. The zero-order chi connectivity index (χ0) is 23.6. The van der Waals surface area contributed by atoms with Crippen molar-refractivity contribution >= 4 is 17.5 Å². The lowest BCUT2D eigenvalue weighted by atomic mass is 9.83. The molecule has 2 unspecified atom stereocenters. The van der Waals surface area contributed by atoms with Crippen molar-refractivity contribution in [3.8, 4) is 17.2 Å². The number of likely N-dealkylation sites (tertiary alicyclic amines) is 1. The summed E-state index contributed by atoms with van der Waals surface area (Å²) >= 11 is 0. The van der Waals surface area contributed by atoms with Gasteiger partial charge in [0.1, 0.15) is 5.75 Å². The van der Waals surface area contributed by atoms with Gasteiger partial charge in [-0.1, -0.05) is 31.5 Å². The topological polar surface area (TPSA) is 77.1 Å². The monoisotopic (exact) mass is 452 g/mol. The second kappa shape index (κ2) is 9.33. The number of hydrogen-bond donors (Lipinski definition) is 1. The fourth-order valence-electron chi connectivity index (χ4n) is 4.65. The van der Waals surface area contributed by atoms with Crippen LogP contribution in [0, 0.1) is 5.92 Å². The van der Waals surface area contributed by atoms with Crippen LogP contribution in [-0.2, 0) is 9.59 Å². The maximum Gasteiger partial charge on any atom is 0.246 e. The molecule has 4 rings (SSSR count). The summed E-state index contributed by atoms with van der Waals surface area (Å²) in [4.78, 5) is 28.3. The molecule has 0 bridgehead atoms. The van der Waals surface area contributed by atoms with Gasteiger partial charge in [0.05, 0.1) is 19.1 Å². The SMILES string of the molecule is CCCCN1C(=O)CCC(C(=O)Nc2ccc3c(c2)OC(C)(C)O3)C1c1ccccc1OC. The summed E-state index contributed by atoms with van der Waals surface area (Å²) in [5.74, 6) is 0.747. The molecular formula is C26H32N2O5. The molecule has 0 spiro atoms. The number of benzene rings is 2. The van der Waals surface area contributed by atoms with E-state index < -0.39 is 11.7 Å². The second-order valence-electron chi connectivity index (χ2n) is 9.03. The number of amides is 2. The number of hydrogen-bond acceptors (Lipinski definition) is 5. The van der Waals surface area contributed by atoms with Gasteiger partial charge >= 0.3 is 0 Å². The largest absolute Gasteiger partial charge is 0.496 e. The number of fused-ring (bicyclic) bond motifs is 1. The third-order valence-corrected chi connectivity index (χ3v) is 6.18. The number of methoxy groups -OCH3 is 1. The average Bonchev–Trinajstić information content (AvgIpc) is 3.11. The Labute approximate surface area is 195 Å². The molecular weight excluding hydrogens is 420 g/mol. The van der Waals surface area contributed by atoms with Crippen molar-refractivity contribution in [1.29, 1.82) is 0 Å². The lowest BCUT2D eigenvalue weighted by molar-refractivity contribution is -0.142. The quantitative estimate of drug-likeness (QED) is 0.645. The first-order chi connectivity index (χ1) is 15.8. The lowest BCUT2D eigenvalue weighted by Gasteiger charge is -2.41. The number of para-hydroxylation sites is 1. The summed E-state index contributed by atoms with van der Waals surface area (Å²) in [6, 6.07) is 12.6. The smallest absolute Gasteiger partial charge is 0.246 e. The van der Waals surface area contributed by atoms with Crippen molar-refractivity contribution in [3.05, 3.63) is 48.0 Å². The molecule has 2 aliphatic heterocycles. The van der Waals surface area contributed by atoms with Crippen LogP contribution in [0.5, 0.6) is 17.2 Å². The minimum atomic E-state index is -0.733. The van der Waals surface area contributed by atoms with Gasteiger partial charge in [0.25, 0.3) is 0 Å². The molecule has 1 N–H and O–H groups in total. The third kappa shape index (κ3) is 4.77. The lowest BCUT2D eigenvalue weighted by Crippen LogP contribution is -2.47. The minimum Gasteiger partial charge on any atom is -0.496 e. The molecule has 1 saturated heterocycles. The van der Waals surface area contributed by atoms with Crippen LogP contribution in [0.25, 0.3) is 0 Å². The Bertz CT molecular complexity index is 1040. The molecule has 2 aliphatic rings. The molecule has 7 heteroatoms. The first-order valence-electron chi connectivity index (χ1n) is 11.6. The maximum absolute atomic E-state index is 13.5. The van der Waals surface area contributed by atoms with Crippen molar-refractivity contribution in [1.82, 2.24) is 4.90 Å². The van der Waals surface area contributed by atoms with Crippen LogP contribution in [-0.4, -0.2) is 36.2 Å². The molecule has 2 aromatic carbocycles. The molecule has 0 radical (unpaired) electrons. The van der Waals surface area contributed by atoms with E-state index in [1.54, 1.807) is 19.2 Å². The Kier molecular flexibility index (Phi) is 6.49. The number of rotatable bonds is 7. The van der Waals surface area contributed by atoms with E-state index >= 15 is 0 Å². The van der Waals surface area contributed by atoms with Gasteiger partial charge < -0.3 is 24.4 Å². The Morgan fingerprint density at radius 2 is 1.94 bits per heavy atom. The second-order valence-corrected chi connectivity index (χ2v) is 9.03. The highest BCUT2D eigenvalue weighted by atomic mass is 16.7. The van der Waals surface area contributed by atoms with Gasteiger partial charge in [0, 0.05) is 44.1 Å². The summed E-state index contributed by atoms with van der Waals surface area (Å²) in [5.41, 5.74) is 1.49. The van der Waals surface area contributed by atoms with Gasteiger partial charge in [-0.2, -0.15) is 0 Å². The van der Waals surface area contributed by atoms with Gasteiger partial charge in [0.15, 0.2) is 11.5 Å². The van der Waals surface area contributed by atoms with E-state index in [9.17, 15) is 9.59 Å². The van der Waals surface area contributed by atoms with E-state index in [4.69, 9.17) is 14.2 Å². The molecule has 0 aliphatic carbocycles. The van der Waals surface area contributed by atoms with Crippen molar-refractivity contribution in [2.75, 3.05) is 19.0 Å². The van der Waals surface area contributed by atoms with Crippen molar-refractivity contribution in [2.45, 2.75) is 58.3 Å². The molecule has 7 nitrogen and oxygen atoms in total. The summed E-state index contributed by atoms with van der Waals surface area (Å²) in [5, 5.41) is 3.04. The molecule has 2 heterocycles. The summed E-state index contributed by atoms with van der Waals surface area (Å²) in [6.45, 7) is 6.39. The first-order valence-corrected chi connectivity index (χ1v) is 11.6. The molecule has 2 amide bonds. The van der Waals surface area contributed by atoms with Crippen LogP contribution in [0.2, 0.25) is 0 Å². The van der Waals surface area contributed by atoms with Crippen LogP contribution >= 0.6 is 0 Å². The highest BCUT2D eigenvalue weighted by Gasteiger charge is 2.41. The number of nitrogens with zero attached hydrogens (tertiary/aromatic N) is 1. The predicted octanol–water partition coefficient (Wildman–Crippen LogP) is 4.92. The zero-order valence-corrected chi connectivity index (χ0v) is 19.7. The Morgan fingerprint density at radius 3 is 2.70 bits per heavy atom. The standard InChI is InChI=1S/C26H32N2O5/c1-5-6-15-28-23(29)14-12-19(24(28)18-9-7-8-10-20(18)31-4)25(30)27-17-11-13-21-22(16-17)33-26(2,3)32-21/h7-11,13,16,19,24H,5-6,12,14-15H2,1-4H3,(H,27,30). The molecule has 0 saturated carbocycles. The van der Waals surface area contributed by atoms with Crippen LogP contribution in [0.3, 0.4) is 0 Å². The van der Waals surface area contributed by atoms with Crippen LogP contribution in [0.15, 0.2) is 42.5 Å². The van der Waals surface area contributed by atoms with Crippen LogP contribution in [0.4, 0.5) is 5.69 Å². The summed E-state index contributed by atoms with van der Waals surface area (Å²) in [7, 11) is 1.61. The van der Waals surface area contributed by atoms with Crippen molar-refractivity contribution in [2.24, 2.45) is 5.92 Å². The number of ether oxygens (including phenoxy) is 3. The molecule has 176 valence electrons. The number of unbranched alkanes of at least 4 members (excludes halogenated alkanes) is 1. The summed E-state index contributed by atoms with van der Waals surface area (Å²) < 4.78 is 17.2. The molecule has 2 atom stereocenters. The van der Waals surface area contributed by atoms with E-state index in [2.05, 4.69) is 12.2 Å². The Hall–Kier alpha value is -3.22. The van der Waals surface area contributed by atoms with Gasteiger partial charge in [-0.15, -0.1) is 0 Å². The van der Waals surface area contributed by atoms with E-state index in [-0.39, 0.29) is 17.9 Å². The summed E-state index contributed by atoms with van der Waals surface area (Å²) in [6.07, 6.45) is 2.67. The Morgan fingerprint density at radius 1 is 1.18 bits per heavy atom. The van der Waals surface area contributed by atoms with Gasteiger partial charge in [-0.25, -0.2) is 0 Å². The third-order valence-electron chi connectivity index (χ3n) is 6.18. The Balaban J connectivity index is 1.63. The number of piperidine rings is 1. The van der Waals surface area contributed by atoms with Crippen LogP contribution < -0.4 is 19.5 Å². The number of carbonyl (C=O) groups is 2. The molecule has 1 fully saturated rings. The average molecular weight is 453 g/mol. The molecule has 33 heavy (non-hydrogen) atoms. The fraction of sp³-hybridized carbons (Fsp3) is 0.462.